The van der Waals surface area contributed by atoms with Gasteiger partial charge in [-0.1, -0.05) is 36.4 Å². The van der Waals surface area contributed by atoms with E-state index in [2.05, 4.69) is 30.3 Å². The molecule has 29 heavy (non-hydrogen) atoms. The molecule has 3 rings (SSSR count). The van der Waals surface area contributed by atoms with Crippen LogP contribution in [0.15, 0.2) is 60.7 Å². The van der Waals surface area contributed by atoms with Gasteiger partial charge in [-0.15, -0.1) is 0 Å². The second-order valence-corrected chi connectivity index (χ2v) is 6.83. The lowest BCUT2D eigenvalue weighted by atomic mass is 9.98. The Morgan fingerprint density at radius 1 is 0.517 bits per heavy atom. The minimum atomic E-state index is 0.741. The van der Waals surface area contributed by atoms with Gasteiger partial charge in [0.25, 0.3) is 0 Å². The summed E-state index contributed by atoms with van der Waals surface area (Å²) in [5.41, 5.74) is 4.65. The smallest absolute Gasteiger partial charge is 0.160 e. The normalized spacial score (nSPS) is 10.5. The van der Waals surface area contributed by atoms with Gasteiger partial charge in [0.05, 0.1) is 28.4 Å². The van der Waals surface area contributed by atoms with Crippen LogP contribution in [0.4, 0.5) is 0 Å². The molecule has 4 heteroatoms. The summed E-state index contributed by atoms with van der Waals surface area (Å²) in [6.45, 7) is 0. The van der Waals surface area contributed by atoms with Gasteiger partial charge in [0.1, 0.15) is 11.5 Å². The quantitative estimate of drug-likeness (QED) is 0.508. The summed E-state index contributed by atoms with van der Waals surface area (Å²) < 4.78 is 22.1. The molecular formula is C25H28O4. The molecule has 0 aromatic heterocycles. The van der Waals surface area contributed by atoms with Crippen LogP contribution in [0, 0.1) is 0 Å². The largest absolute Gasteiger partial charge is 0.496 e. The molecule has 0 aliphatic heterocycles. The second-order valence-electron chi connectivity index (χ2n) is 6.83. The average molecular weight is 392 g/mol. The lowest BCUT2D eigenvalue weighted by Gasteiger charge is -2.16. The first-order chi connectivity index (χ1) is 14.2. The van der Waals surface area contributed by atoms with E-state index in [9.17, 15) is 0 Å². The van der Waals surface area contributed by atoms with E-state index in [1.807, 2.05) is 30.3 Å². The van der Waals surface area contributed by atoms with E-state index in [1.54, 1.807) is 28.4 Å². The molecule has 0 heterocycles. The molecule has 0 unspecified atom stereocenters. The minimum absolute atomic E-state index is 0.741. The van der Waals surface area contributed by atoms with Crippen LogP contribution in [-0.4, -0.2) is 28.4 Å². The van der Waals surface area contributed by atoms with Gasteiger partial charge in [-0.2, -0.15) is 0 Å². The molecule has 0 fully saturated rings. The van der Waals surface area contributed by atoms with Crippen molar-refractivity contribution in [3.05, 3.63) is 82.9 Å². The van der Waals surface area contributed by atoms with Crippen LogP contribution >= 0.6 is 0 Å². The Kier molecular flexibility index (Phi) is 7.01. The summed E-state index contributed by atoms with van der Waals surface area (Å²) in [5.74, 6) is 3.20. The Morgan fingerprint density at radius 3 is 1.66 bits per heavy atom. The molecule has 0 spiro atoms. The van der Waals surface area contributed by atoms with Crippen molar-refractivity contribution in [3.63, 3.8) is 0 Å². The lowest BCUT2D eigenvalue weighted by Crippen LogP contribution is -2.01. The molecule has 0 saturated heterocycles. The first kappa shape index (κ1) is 20.6. The summed E-state index contributed by atoms with van der Waals surface area (Å²) >= 11 is 0. The number of hydrogen-bond donors (Lipinski definition) is 0. The number of hydrogen-bond acceptors (Lipinski definition) is 4. The van der Waals surface area contributed by atoms with Gasteiger partial charge >= 0.3 is 0 Å². The third-order valence-electron chi connectivity index (χ3n) is 5.04. The Hall–Kier alpha value is -3.14. The summed E-state index contributed by atoms with van der Waals surface area (Å²) in [6.07, 6.45) is 2.52. The fourth-order valence-corrected chi connectivity index (χ4v) is 3.48. The molecule has 4 nitrogen and oxygen atoms in total. The van der Waals surface area contributed by atoms with Crippen LogP contribution in [0.2, 0.25) is 0 Å². The van der Waals surface area contributed by atoms with Crippen LogP contribution in [0.5, 0.6) is 23.0 Å². The Labute approximate surface area is 173 Å². The standard InChI is InChI=1S/C25H28O4/c1-26-22-13-12-19(15-25(22)29-4)10-11-20-16-23(27-2)21(24(17-20)28-3)14-18-8-6-5-7-9-18/h5-9,12-13,15-17H,10-11,14H2,1-4H3. The Morgan fingerprint density at radius 2 is 1.07 bits per heavy atom. The zero-order chi connectivity index (χ0) is 20.6. The van der Waals surface area contributed by atoms with Crippen molar-refractivity contribution in [2.45, 2.75) is 19.3 Å². The molecule has 152 valence electrons. The average Bonchev–Trinajstić information content (AvgIpc) is 2.78. The number of rotatable bonds is 9. The van der Waals surface area contributed by atoms with Crippen molar-refractivity contribution >= 4 is 0 Å². The van der Waals surface area contributed by atoms with Crippen molar-refractivity contribution in [2.75, 3.05) is 28.4 Å². The third kappa shape index (κ3) is 5.02. The summed E-state index contributed by atoms with van der Waals surface area (Å²) in [6, 6.07) is 20.6. The van der Waals surface area contributed by atoms with Gasteiger partial charge < -0.3 is 18.9 Å². The SMILES string of the molecule is COc1ccc(CCc2cc(OC)c(Cc3ccccc3)c(OC)c2)cc1OC. The number of aryl methyl sites for hydroxylation is 2. The van der Waals surface area contributed by atoms with Gasteiger partial charge in [0.15, 0.2) is 11.5 Å². The van der Waals surface area contributed by atoms with Crippen molar-refractivity contribution in [1.82, 2.24) is 0 Å². The maximum Gasteiger partial charge on any atom is 0.160 e. The minimum Gasteiger partial charge on any atom is -0.496 e. The summed E-state index contributed by atoms with van der Waals surface area (Å²) in [5, 5.41) is 0. The monoisotopic (exact) mass is 392 g/mol. The van der Waals surface area contributed by atoms with Crippen LogP contribution in [-0.2, 0) is 19.3 Å². The number of methoxy groups -OCH3 is 4. The van der Waals surface area contributed by atoms with Crippen LogP contribution in [0.25, 0.3) is 0 Å². The van der Waals surface area contributed by atoms with Crippen molar-refractivity contribution < 1.29 is 18.9 Å². The highest BCUT2D eigenvalue weighted by molar-refractivity contribution is 5.51. The molecule has 0 aliphatic carbocycles. The van der Waals surface area contributed by atoms with Crippen molar-refractivity contribution in [1.29, 1.82) is 0 Å². The summed E-state index contributed by atoms with van der Waals surface area (Å²) in [7, 11) is 6.72. The summed E-state index contributed by atoms with van der Waals surface area (Å²) in [4.78, 5) is 0. The van der Waals surface area contributed by atoms with Gasteiger partial charge in [0, 0.05) is 12.0 Å². The first-order valence-electron chi connectivity index (χ1n) is 9.67. The Bertz CT molecular complexity index is 910. The maximum absolute atomic E-state index is 5.70. The molecule has 0 saturated carbocycles. The van der Waals surface area contributed by atoms with Crippen molar-refractivity contribution in [3.8, 4) is 23.0 Å². The van der Waals surface area contributed by atoms with E-state index in [-0.39, 0.29) is 0 Å². The van der Waals surface area contributed by atoms with Crippen molar-refractivity contribution in [2.24, 2.45) is 0 Å². The zero-order valence-corrected chi connectivity index (χ0v) is 17.5. The Balaban J connectivity index is 1.81. The predicted molar refractivity (Wildman–Crippen MR) is 116 cm³/mol. The van der Waals surface area contributed by atoms with Crippen LogP contribution < -0.4 is 18.9 Å². The fourth-order valence-electron chi connectivity index (χ4n) is 3.48. The van der Waals surface area contributed by atoms with Gasteiger partial charge in [-0.25, -0.2) is 0 Å². The molecule has 0 atom stereocenters. The van der Waals surface area contributed by atoms with E-state index in [0.717, 1.165) is 47.8 Å². The highest BCUT2D eigenvalue weighted by atomic mass is 16.5. The number of ether oxygens (including phenoxy) is 4. The second kappa shape index (κ2) is 9.87. The van der Waals surface area contributed by atoms with Gasteiger partial charge in [-0.05, 0) is 53.8 Å². The third-order valence-corrected chi connectivity index (χ3v) is 5.04. The molecule has 3 aromatic carbocycles. The molecule has 0 radical (unpaired) electrons. The molecule has 0 amide bonds. The topological polar surface area (TPSA) is 36.9 Å². The molecular weight excluding hydrogens is 364 g/mol. The van der Waals surface area contributed by atoms with Crippen LogP contribution in [0.3, 0.4) is 0 Å². The maximum atomic E-state index is 5.70. The van der Waals surface area contributed by atoms with E-state index < -0.39 is 0 Å². The van der Waals surface area contributed by atoms with E-state index in [0.29, 0.717) is 0 Å². The zero-order valence-electron chi connectivity index (χ0n) is 17.5. The molecule has 0 bridgehead atoms. The first-order valence-corrected chi connectivity index (χ1v) is 9.67. The van der Waals surface area contributed by atoms with Gasteiger partial charge in [-0.3, -0.25) is 0 Å². The van der Waals surface area contributed by atoms with E-state index in [4.69, 9.17) is 18.9 Å². The van der Waals surface area contributed by atoms with E-state index in [1.165, 1.54) is 16.7 Å². The predicted octanol–water partition coefficient (Wildman–Crippen LogP) is 5.10. The number of benzene rings is 3. The molecule has 3 aromatic rings. The molecule has 0 aliphatic rings. The highest BCUT2D eigenvalue weighted by Gasteiger charge is 2.14. The molecule has 0 N–H and O–H groups in total. The lowest BCUT2D eigenvalue weighted by molar-refractivity contribution is 0.354. The van der Waals surface area contributed by atoms with Crippen LogP contribution in [0.1, 0.15) is 22.3 Å². The van der Waals surface area contributed by atoms with Gasteiger partial charge in [0.2, 0.25) is 0 Å². The highest BCUT2D eigenvalue weighted by Crippen LogP contribution is 2.34. The van der Waals surface area contributed by atoms with E-state index >= 15 is 0 Å². The fraction of sp³-hybridized carbons (Fsp3) is 0.280.